The van der Waals surface area contributed by atoms with Gasteiger partial charge in [-0.3, -0.25) is 0 Å². The Balaban J connectivity index is 2.19. The number of cyclic esters (lactones) is 1. The monoisotopic (exact) mass is 211 g/mol. The lowest BCUT2D eigenvalue weighted by molar-refractivity contribution is 0.171. The van der Waals surface area contributed by atoms with Gasteiger partial charge in [0.15, 0.2) is 0 Å². The summed E-state index contributed by atoms with van der Waals surface area (Å²) in [5, 5.41) is 4.91. The summed E-state index contributed by atoms with van der Waals surface area (Å²) in [6, 6.07) is 4.11. The van der Waals surface area contributed by atoms with Crippen molar-refractivity contribution in [2.75, 3.05) is 6.61 Å². The first-order chi connectivity index (χ1) is 6.62. The lowest BCUT2D eigenvalue weighted by atomic mass is 9.87. The van der Waals surface area contributed by atoms with Crippen LogP contribution in [0.5, 0.6) is 0 Å². The van der Waals surface area contributed by atoms with E-state index in [0.717, 1.165) is 0 Å². The van der Waals surface area contributed by atoms with E-state index in [-0.39, 0.29) is 17.6 Å². The molecule has 3 nitrogen and oxygen atoms in total. The van der Waals surface area contributed by atoms with Gasteiger partial charge in [0, 0.05) is 10.8 Å². The summed E-state index contributed by atoms with van der Waals surface area (Å²) in [7, 11) is 0. The molecule has 1 saturated heterocycles. The fraction of sp³-hybridized carbons (Fsp3) is 0.500. The molecule has 1 aromatic heterocycles. The lowest BCUT2D eigenvalue weighted by Gasteiger charge is -2.27. The highest BCUT2D eigenvalue weighted by Crippen LogP contribution is 2.33. The molecule has 1 fully saturated rings. The normalized spacial score (nSPS) is 28.3. The third-order valence-corrected chi connectivity index (χ3v) is 3.87. The third-order valence-electron chi connectivity index (χ3n) is 2.82. The molecule has 1 aliphatic rings. The number of amides is 1. The summed E-state index contributed by atoms with van der Waals surface area (Å²) in [6.07, 6.45) is -0.309. The number of carbonyl (C=O) groups excluding carboxylic acids is 1. The molecule has 0 bridgehead atoms. The molecular formula is C10H13NO2S. The van der Waals surface area contributed by atoms with E-state index in [4.69, 9.17) is 4.74 Å². The standard InChI is InChI=1S/C10H13NO2S/c1-7(8-4-3-5-14-8)10(2)6-13-9(12)11-10/h3-5,7H,6H2,1-2H3,(H,11,12). The molecule has 2 atom stereocenters. The average Bonchev–Trinajstić information content (AvgIpc) is 2.75. The molecule has 0 spiro atoms. The Labute approximate surface area is 87.1 Å². The Kier molecular flexibility index (Phi) is 2.23. The van der Waals surface area contributed by atoms with Crippen LogP contribution in [0.15, 0.2) is 17.5 Å². The van der Waals surface area contributed by atoms with Gasteiger partial charge in [-0.1, -0.05) is 13.0 Å². The number of nitrogens with one attached hydrogen (secondary N) is 1. The molecule has 2 unspecified atom stereocenters. The Morgan fingerprint density at radius 3 is 3.00 bits per heavy atom. The van der Waals surface area contributed by atoms with Crippen LogP contribution >= 0.6 is 11.3 Å². The molecule has 0 radical (unpaired) electrons. The second-order valence-corrected chi connectivity index (χ2v) is 4.83. The molecule has 14 heavy (non-hydrogen) atoms. The van der Waals surface area contributed by atoms with E-state index in [1.807, 2.05) is 18.4 Å². The SMILES string of the molecule is CC(c1cccs1)C1(C)COC(=O)N1. The van der Waals surface area contributed by atoms with Crippen molar-refractivity contribution < 1.29 is 9.53 Å². The van der Waals surface area contributed by atoms with Crippen LogP contribution in [0.25, 0.3) is 0 Å². The quantitative estimate of drug-likeness (QED) is 0.815. The van der Waals surface area contributed by atoms with Crippen molar-refractivity contribution in [1.29, 1.82) is 0 Å². The van der Waals surface area contributed by atoms with Crippen molar-refractivity contribution >= 4 is 17.4 Å². The van der Waals surface area contributed by atoms with Gasteiger partial charge in [-0.15, -0.1) is 11.3 Å². The van der Waals surface area contributed by atoms with Crippen LogP contribution < -0.4 is 5.32 Å². The van der Waals surface area contributed by atoms with E-state index in [2.05, 4.69) is 18.3 Å². The maximum atomic E-state index is 11.0. The lowest BCUT2D eigenvalue weighted by Crippen LogP contribution is -2.44. The first kappa shape index (κ1) is 9.52. The summed E-state index contributed by atoms with van der Waals surface area (Å²) in [4.78, 5) is 12.3. The van der Waals surface area contributed by atoms with Crippen molar-refractivity contribution in [3.63, 3.8) is 0 Å². The van der Waals surface area contributed by atoms with Crippen molar-refractivity contribution in [2.45, 2.75) is 25.3 Å². The van der Waals surface area contributed by atoms with Crippen LogP contribution in [0.2, 0.25) is 0 Å². The van der Waals surface area contributed by atoms with Gasteiger partial charge in [0.25, 0.3) is 0 Å². The molecule has 1 N–H and O–H groups in total. The predicted molar refractivity (Wildman–Crippen MR) is 55.6 cm³/mol. The van der Waals surface area contributed by atoms with Gasteiger partial charge >= 0.3 is 6.09 Å². The van der Waals surface area contributed by atoms with E-state index in [0.29, 0.717) is 6.61 Å². The predicted octanol–water partition coefficient (Wildman–Crippen LogP) is 2.35. The third kappa shape index (κ3) is 1.50. The fourth-order valence-corrected chi connectivity index (χ4v) is 2.54. The van der Waals surface area contributed by atoms with Gasteiger partial charge in [0.1, 0.15) is 6.61 Å². The zero-order chi connectivity index (χ0) is 10.2. The van der Waals surface area contributed by atoms with Crippen molar-refractivity contribution in [3.8, 4) is 0 Å². The Morgan fingerprint density at radius 1 is 1.71 bits per heavy atom. The van der Waals surface area contributed by atoms with Crippen LogP contribution in [0, 0.1) is 0 Å². The van der Waals surface area contributed by atoms with Gasteiger partial charge in [0.05, 0.1) is 5.54 Å². The summed E-state index contributed by atoms with van der Waals surface area (Å²) >= 11 is 1.71. The molecule has 0 aliphatic carbocycles. The molecule has 2 heterocycles. The van der Waals surface area contributed by atoms with Crippen molar-refractivity contribution in [2.24, 2.45) is 0 Å². The first-order valence-corrected chi connectivity index (χ1v) is 5.48. The highest BCUT2D eigenvalue weighted by molar-refractivity contribution is 7.10. The number of hydrogen-bond donors (Lipinski definition) is 1. The van der Waals surface area contributed by atoms with Gasteiger partial charge in [-0.25, -0.2) is 4.79 Å². The molecule has 4 heteroatoms. The topological polar surface area (TPSA) is 38.3 Å². The van der Waals surface area contributed by atoms with Crippen LogP contribution in [-0.4, -0.2) is 18.2 Å². The van der Waals surface area contributed by atoms with Crippen LogP contribution in [0.1, 0.15) is 24.6 Å². The van der Waals surface area contributed by atoms with E-state index in [1.165, 1.54) is 4.88 Å². The fourth-order valence-electron chi connectivity index (χ4n) is 1.61. The van der Waals surface area contributed by atoms with E-state index < -0.39 is 0 Å². The Morgan fingerprint density at radius 2 is 2.50 bits per heavy atom. The first-order valence-electron chi connectivity index (χ1n) is 4.60. The van der Waals surface area contributed by atoms with Gasteiger partial charge in [-0.05, 0) is 18.4 Å². The van der Waals surface area contributed by atoms with Gasteiger partial charge in [-0.2, -0.15) is 0 Å². The summed E-state index contributed by atoms with van der Waals surface area (Å²) in [5.74, 6) is 0.286. The maximum absolute atomic E-state index is 11.0. The minimum atomic E-state index is -0.309. The molecule has 1 aliphatic heterocycles. The number of ether oxygens (including phenoxy) is 1. The average molecular weight is 211 g/mol. The number of alkyl carbamates (subject to hydrolysis) is 1. The second-order valence-electron chi connectivity index (χ2n) is 3.86. The Bertz CT molecular complexity index is 336. The maximum Gasteiger partial charge on any atom is 0.407 e. The largest absolute Gasteiger partial charge is 0.447 e. The van der Waals surface area contributed by atoms with Crippen LogP contribution in [-0.2, 0) is 4.74 Å². The number of carbonyl (C=O) groups is 1. The minimum absolute atomic E-state index is 0.262. The van der Waals surface area contributed by atoms with Crippen LogP contribution in [0.3, 0.4) is 0 Å². The molecular weight excluding hydrogens is 198 g/mol. The van der Waals surface area contributed by atoms with Gasteiger partial charge in [0.2, 0.25) is 0 Å². The summed E-state index contributed by atoms with van der Waals surface area (Å²) in [5.41, 5.74) is -0.262. The molecule has 76 valence electrons. The zero-order valence-corrected chi connectivity index (χ0v) is 9.06. The molecule has 0 saturated carbocycles. The highest BCUT2D eigenvalue weighted by Gasteiger charge is 2.40. The van der Waals surface area contributed by atoms with Crippen molar-refractivity contribution in [3.05, 3.63) is 22.4 Å². The van der Waals surface area contributed by atoms with Crippen molar-refractivity contribution in [1.82, 2.24) is 5.32 Å². The number of rotatable bonds is 2. The molecule has 0 aromatic carbocycles. The Hall–Kier alpha value is -1.03. The molecule has 1 amide bonds. The molecule has 2 rings (SSSR count). The van der Waals surface area contributed by atoms with Gasteiger partial charge < -0.3 is 10.1 Å². The summed E-state index contributed by atoms with van der Waals surface area (Å²) < 4.78 is 4.94. The number of thiophene rings is 1. The number of hydrogen-bond acceptors (Lipinski definition) is 3. The van der Waals surface area contributed by atoms with E-state index in [1.54, 1.807) is 11.3 Å². The molecule has 1 aromatic rings. The minimum Gasteiger partial charge on any atom is -0.447 e. The zero-order valence-electron chi connectivity index (χ0n) is 8.24. The van der Waals surface area contributed by atoms with E-state index >= 15 is 0 Å². The summed E-state index contributed by atoms with van der Waals surface area (Å²) in [6.45, 7) is 4.58. The second kappa shape index (κ2) is 3.28. The van der Waals surface area contributed by atoms with Crippen LogP contribution in [0.4, 0.5) is 4.79 Å². The van der Waals surface area contributed by atoms with E-state index in [9.17, 15) is 4.79 Å². The highest BCUT2D eigenvalue weighted by atomic mass is 32.1. The smallest absolute Gasteiger partial charge is 0.407 e.